The van der Waals surface area contributed by atoms with Gasteiger partial charge < -0.3 is 10.0 Å². The standard InChI is InChI=1S/C14H15N3O3S/c1-2-17(8-6-12-15-7-9-21-12)13(18)10-4-3-5-11(16-10)14(19)20/h3-5,7,9H,2,6,8H2,1H3,(H,19,20). The van der Waals surface area contributed by atoms with Crippen molar-refractivity contribution in [2.24, 2.45) is 0 Å². The summed E-state index contributed by atoms with van der Waals surface area (Å²) < 4.78 is 0. The van der Waals surface area contributed by atoms with E-state index in [-0.39, 0.29) is 17.3 Å². The number of pyridine rings is 1. The molecule has 1 N–H and O–H groups in total. The SMILES string of the molecule is CCN(CCc1nccs1)C(=O)c1cccc(C(=O)O)n1. The molecule has 0 aliphatic carbocycles. The van der Waals surface area contributed by atoms with E-state index in [4.69, 9.17) is 5.11 Å². The first-order valence-electron chi connectivity index (χ1n) is 6.49. The number of carboxylic acids is 1. The minimum atomic E-state index is -1.14. The van der Waals surface area contributed by atoms with Crippen LogP contribution in [0.1, 0.15) is 32.9 Å². The van der Waals surface area contributed by atoms with Crippen molar-refractivity contribution >= 4 is 23.2 Å². The molecule has 6 nitrogen and oxygen atoms in total. The number of aromatic carboxylic acids is 1. The summed E-state index contributed by atoms with van der Waals surface area (Å²) in [5.41, 5.74) is 0.0210. The van der Waals surface area contributed by atoms with Crippen molar-refractivity contribution in [1.82, 2.24) is 14.9 Å². The summed E-state index contributed by atoms with van der Waals surface area (Å²) in [6, 6.07) is 4.42. The zero-order valence-electron chi connectivity index (χ0n) is 11.5. The predicted molar refractivity (Wildman–Crippen MR) is 78.6 cm³/mol. The summed E-state index contributed by atoms with van der Waals surface area (Å²) in [5, 5.41) is 11.8. The summed E-state index contributed by atoms with van der Waals surface area (Å²) in [4.78, 5) is 33.0. The van der Waals surface area contributed by atoms with Crippen LogP contribution in [0.2, 0.25) is 0 Å². The van der Waals surface area contributed by atoms with Crippen LogP contribution >= 0.6 is 11.3 Å². The number of hydrogen-bond donors (Lipinski definition) is 1. The molecule has 0 saturated heterocycles. The molecule has 1 amide bonds. The van der Waals surface area contributed by atoms with Crippen LogP contribution in [0, 0.1) is 0 Å². The maximum Gasteiger partial charge on any atom is 0.354 e. The number of nitrogens with zero attached hydrogens (tertiary/aromatic N) is 3. The lowest BCUT2D eigenvalue weighted by Gasteiger charge is -2.19. The molecule has 7 heteroatoms. The first kappa shape index (κ1) is 15.1. The van der Waals surface area contributed by atoms with Crippen molar-refractivity contribution in [3.05, 3.63) is 46.2 Å². The normalized spacial score (nSPS) is 10.3. The van der Waals surface area contributed by atoms with Crippen molar-refractivity contribution in [1.29, 1.82) is 0 Å². The first-order chi connectivity index (χ1) is 10.1. The Morgan fingerprint density at radius 1 is 1.33 bits per heavy atom. The molecule has 0 unspecified atom stereocenters. The number of hydrogen-bond acceptors (Lipinski definition) is 5. The highest BCUT2D eigenvalue weighted by Gasteiger charge is 2.17. The van der Waals surface area contributed by atoms with Gasteiger partial charge in [-0.25, -0.2) is 14.8 Å². The van der Waals surface area contributed by atoms with Gasteiger partial charge in [-0.05, 0) is 19.1 Å². The highest BCUT2D eigenvalue weighted by Crippen LogP contribution is 2.08. The Labute approximate surface area is 126 Å². The largest absolute Gasteiger partial charge is 0.477 e. The third-order valence-corrected chi connectivity index (χ3v) is 3.77. The molecule has 21 heavy (non-hydrogen) atoms. The van der Waals surface area contributed by atoms with Gasteiger partial charge in [0.1, 0.15) is 11.4 Å². The smallest absolute Gasteiger partial charge is 0.354 e. The topological polar surface area (TPSA) is 83.4 Å². The van der Waals surface area contributed by atoms with Gasteiger partial charge in [-0.15, -0.1) is 11.3 Å². The van der Waals surface area contributed by atoms with Gasteiger partial charge in [-0.2, -0.15) is 0 Å². The van der Waals surface area contributed by atoms with E-state index in [1.807, 2.05) is 12.3 Å². The van der Waals surface area contributed by atoms with Crippen LogP contribution < -0.4 is 0 Å². The number of carboxylic acid groups (broad SMARTS) is 1. The maximum absolute atomic E-state index is 12.4. The molecule has 110 valence electrons. The second-order valence-corrected chi connectivity index (χ2v) is 5.25. The van der Waals surface area contributed by atoms with Gasteiger partial charge in [-0.3, -0.25) is 4.79 Å². The molecule has 2 aromatic heterocycles. The second kappa shape index (κ2) is 6.94. The molecule has 0 aromatic carbocycles. The van der Waals surface area contributed by atoms with E-state index in [2.05, 4.69) is 9.97 Å². The van der Waals surface area contributed by atoms with E-state index in [1.54, 1.807) is 22.4 Å². The van der Waals surface area contributed by atoms with E-state index in [0.717, 1.165) is 5.01 Å². The minimum absolute atomic E-state index is 0.128. The van der Waals surface area contributed by atoms with Crippen LogP contribution in [-0.2, 0) is 6.42 Å². The number of rotatable bonds is 6. The monoisotopic (exact) mass is 305 g/mol. The number of amides is 1. The van der Waals surface area contributed by atoms with Crippen molar-refractivity contribution in [3.63, 3.8) is 0 Å². The van der Waals surface area contributed by atoms with Crippen LogP contribution in [0.25, 0.3) is 0 Å². The maximum atomic E-state index is 12.4. The predicted octanol–water partition coefficient (Wildman–Crippen LogP) is 1.94. The molecule has 0 atom stereocenters. The Kier molecular flexibility index (Phi) is 4.99. The molecule has 0 radical (unpaired) electrons. The lowest BCUT2D eigenvalue weighted by atomic mass is 10.2. The van der Waals surface area contributed by atoms with E-state index in [1.165, 1.54) is 18.2 Å². The van der Waals surface area contributed by atoms with Crippen LogP contribution in [0.3, 0.4) is 0 Å². The average molecular weight is 305 g/mol. The van der Waals surface area contributed by atoms with Gasteiger partial charge in [0.25, 0.3) is 5.91 Å². The lowest BCUT2D eigenvalue weighted by molar-refractivity contribution is 0.0690. The first-order valence-corrected chi connectivity index (χ1v) is 7.37. The van der Waals surface area contributed by atoms with Crippen molar-refractivity contribution in [2.45, 2.75) is 13.3 Å². The van der Waals surface area contributed by atoms with Crippen LogP contribution in [-0.4, -0.2) is 44.9 Å². The molecule has 0 fully saturated rings. The third-order valence-electron chi connectivity index (χ3n) is 2.94. The van der Waals surface area contributed by atoms with Gasteiger partial charge in [0, 0.05) is 31.1 Å². The van der Waals surface area contributed by atoms with Gasteiger partial charge in [-0.1, -0.05) is 6.07 Å². The average Bonchev–Trinajstić information content (AvgIpc) is 3.01. The zero-order chi connectivity index (χ0) is 15.2. The van der Waals surface area contributed by atoms with Gasteiger partial charge in [0.05, 0.1) is 5.01 Å². The molecular formula is C14H15N3O3S. The Balaban J connectivity index is 2.08. The summed E-state index contributed by atoms with van der Waals surface area (Å²) in [6.07, 6.45) is 2.41. The molecule has 0 aliphatic heterocycles. The summed E-state index contributed by atoms with van der Waals surface area (Å²) in [5.74, 6) is -1.41. The fourth-order valence-corrected chi connectivity index (χ4v) is 2.45. The van der Waals surface area contributed by atoms with E-state index < -0.39 is 5.97 Å². The fraction of sp³-hybridized carbons (Fsp3) is 0.286. The molecule has 2 heterocycles. The van der Waals surface area contributed by atoms with Gasteiger partial charge in [0.15, 0.2) is 0 Å². The van der Waals surface area contributed by atoms with E-state index in [0.29, 0.717) is 19.5 Å². The Hall–Kier alpha value is -2.28. The number of thiazole rings is 1. The Bertz CT molecular complexity index is 628. The summed E-state index contributed by atoms with van der Waals surface area (Å²) in [6.45, 7) is 2.94. The minimum Gasteiger partial charge on any atom is -0.477 e. The Morgan fingerprint density at radius 2 is 2.10 bits per heavy atom. The van der Waals surface area contributed by atoms with Gasteiger partial charge in [0.2, 0.25) is 0 Å². The second-order valence-electron chi connectivity index (χ2n) is 4.27. The molecule has 0 bridgehead atoms. The number of likely N-dealkylation sites (N-methyl/N-ethyl adjacent to an activating group) is 1. The molecular weight excluding hydrogens is 290 g/mol. The highest BCUT2D eigenvalue weighted by atomic mass is 32.1. The lowest BCUT2D eigenvalue weighted by Crippen LogP contribution is -2.33. The van der Waals surface area contributed by atoms with Crippen LogP contribution in [0.5, 0.6) is 0 Å². The van der Waals surface area contributed by atoms with Crippen LogP contribution in [0.4, 0.5) is 0 Å². The fourth-order valence-electron chi connectivity index (χ4n) is 1.85. The van der Waals surface area contributed by atoms with Crippen molar-refractivity contribution in [3.8, 4) is 0 Å². The van der Waals surface area contributed by atoms with Gasteiger partial charge >= 0.3 is 5.97 Å². The van der Waals surface area contributed by atoms with Crippen molar-refractivity contribution < 1.29 is 14.7 Å². The molecule has 0 aliphatic rings. The van der Waals surface area contributed by atoms with Crippen LogP contribution in [0.15, 0.2) is 29.8 Å². The summed E-state index contributed by atoms with van der Waals surface area (Å²) in [7, 11) is 0. The molecule has 2 aromatic rings. The highest BCUT2D eigenvalue weighted by molar-refractivity contribution is 7.09. The number of aromatic nitrogens is 2. The van der Waals surface area contributed by atoms with E-state index in [9.17, 15) is 9.59 Å². The Morgan fingerprint density at radius 3 is 2.71 bits per heavy atom. The third kappa shape index (κ3) is 3.85. The van der Waals surface area contributed by atoms with Crippen molar-refractivity contribution in [2.75, 3.05) is 13.1 Å². The quantitative estimate of drug-likeness (QED) is 0.881. The van der Waals surface area contributed by atoms with E-state index >= 15 is 0 Å². The molecule has 0 saturated carbocycles. The number of carbonyl (C=O) groups is 2. The number of carbonyl (C=O) groups excluding carboxylic acids is 1. The molecule has 2 rings (SSSR count). The zero-order valence-corrected chi connectivity index (χ0v) is 12.3. The molecule has 0 spiro atoms. The summed E-state index contributed by atoms with van der Waals surface area (Å²) >= 11 is 1.55.